The van der Waals surface area contributed by atoms with Crippen molar-refractivity contribution in [1.29, 1.82) is 0 Å². The molecule has 0 bridgehead atoms. The van der Waals surface area contributed by atoms with Gasteiger partial charge in [0.2, 0.25) is 0 Å². The van der Waals surface area contributed by atoms with Crippen molar-refractivity contribution in [2.24, 2.45) is 0 Å². The van der Waals surface area contributed by atoms with Crippen LogP contribution in [0, 0.1) is 0 Å². The molecule has 2 aromatic rings. The van der Waals surface area contributed by atoms with Gasteiger partial charge < -0.3 is 14.2 Å². The Labute approximate surface area is 144 Å². The first kappa shape index (κ1) is 16.7. The quantitative estimate of drug-likeness (QED) is 0.630. The van der Waals surface area contributed by atoms with Gasteiger partial charge in [0.05, 0.1) is 6.42 Å². The van der Waals surface area contributed by atoms with Gasteiger partial charge in [-0.3, -0.25) is 14.4 Å². The minimum atomic E-state index is -0.583. The molecule has 0 radical (unpaired) electrons. The molecule has 2 aromatic carbocycles. The van der Waals surface area contributed by atoms with Gasteiger partial charge in [0.15, 0.2) is 5.78 Å². The molecule has 1 aliphatic rings. The fraction of sp³-hybridized carbons (Fsp3) is 0.211. The molecule has 6 heteroatoms. The number of carbonyl (C=O) groups excluding carboxylic acids is 3. The number of benzene rings is 2. The molecule has 0 fully saturated rings. The molecule has 0 N–H and O–H groups in total. The van der Waals surface area contributed by atoms with E-state index in [1.165, 1.54) is 26.0 Å². The number of fused-ring (bicyclic) bond motifs is 1. The smallest absolute Gasteiger partial charge is 0.308 e. The van der Waals surface area contributed by atoms with Crippen LogP contribution >= 0.6 is 0 Å². The number of hydrogen-bond donors (Lipinski definition) is 0. The van der Waals surface area contributed by atoms with Gasteiger partial charge >= 0.3 is 11.9 Å². The lowest BCUT2D eigenvalue weighted by atomic mass is 9.95. The highest BCUT2D eigenvalue weighted by Gasteiger charge is 2.32. The van der Waals surface area contributed by atoms with E-state index in [1.54, 1.807) is 0 Å². The Morgan fingerprint density at radius 1 is 1.04 bits per heavy atom. The second-order valence-corrected chi connectivity index (χ2v) is 5.63. The Morgan fingerprint density at radius 2 is 1.72 bits per heavy atom. The SMILES string of the molecule is CC(=O)Oc1cc(OC(C)=O)c2c(c1)OC(c1ccccc1)CC2=O. The molecule has 0 aromatic heterocycles. The van der Waals surface area contributed by atoms with Crippen molar-refractivity contribution in [3.05, 3.63) is 53.6 Å². The molecule has 128 valence electrons. The van der Waals surface area contributed by atoms with Crippen molar-refractivity contribution in [3.63, 3.8) is 0 Å². The van der Waals surface area contributed by atoms with Gasteiger partial charge in [-0.1, -0.05) is 30.3 Å². The van der Waals surface area contributed by atoms with Crippen molar-refractivity contribution < 1.29 is 28.6 Å². The zero-order valence-corrected chi connectivity index (χ0v) is 13.8. The van der Waals surface area contributed by atoms with Crippen LogP contribution in [0.1, 0.15) is 42.3 Å². The number of rotatable bonds is 3. The summed E-state index contributed by atoms with van der Waals surface area (Å²) in [5, 5.41) is 0. The number of Topliss-reactive ketones (excluding diaryl/α,β-unsaturated/α-hetero) is 1. The standard InChI is InChI=1S/C19H16O6/c1-11(20)23-14-8-17(24-12(2)21)19-15(22)10-16(25-18(19)9-14)13-6-4-3-5-7-13/h3-9,16H,10H2,1-2H3. The highest BCUT2D eigenvalue weighted by Crippen LogP contribution is 2.42. The number of ether oxygens (including phenoxy) is 3. The maximum Gasteiger partial charge on any atom is 0.308 e. The minimum absolute atomic E-state index is 0.0257. The Balaban J connectivity index is 2.04. The summed E-state index contributed by atoms with van der Waals surface area (Å²) in [7, 11) is 0. The zero-order chi connectivity index (χ0) is 18.0. The van der Waals surface area contributed by atoms with Crippen molar-refractivity contribution in [3.8, 4) is 17.2 Å². The van der Waals surface area contributed by atoms with Gasteiger partial charge in [-0.2, -0.15) is 0 Å². The monoisotopic (exact) mass is 340 g/mol. The molecule has 6 nitrogen and oxygen atoms in total. The van der Waals surface area contributed by atoms with Crippen LogP contribution in [0.15, 0.2) is 42.5 Å². The topological polar surface area (TPSA) is 78.9 Å². The molecule has 0 saturated heterocycles. The number of carbonyl (C=O) groups is 3. The summed E-state index contributed by atoms with van der Waals surface area (Å²) in [6, 6.07) is 12.1. The van der Waals surface area contributed by atoms with Crippen LogP contribution in [0.4, 0.5) is 0 Å². The van der Waals surface area contributed by atoms with Crippen molar-refractivity contribution in [2.75, 3.05) is 0 Å². The number of hydrogen-bond acceptors (Lipinski definition) is 6. The Morgan fingerprint density at radius 3 is 2.36 bits per heavy atom. The van der Waals surface area contributed by atoms with Crippen molar-refractivity contribution in [1.82, 2.24) is 0 Å². The van der Waals surface area contributed by atoms with Gasteiger partial charge in [-0.25, -0.2) is 0 Å². The summed E-state index contributed by atoms with van der Waals surface area (Å²) in [6.07, 6.45) is -0.336. The first-order valence-corrected chi connectivity index (χ1v) is 7.73. The molecular formula is C19H16O6. The van der Waals surface area contributed by atoms with E-state index in [9.17, 15) is 14.4 Å². The van der Waals surface area contributed by atoms with Gasteiger partial charge in [-0.05, 0) is 5.56 Å². The van der Waals surface area contributed by atoms with Gasteiger partial charge in [-0.15, -0.1) is 0 Å². The third-order valence-electron chi connectivity index (χ3n) is 3.64. The fourth-order valence-electron chi connectivity index (χ4n) is 2.71. The fourth-order valence-corrected chi connectivity index (χ4v) is 2.71. The predicted molar refractivity (Wildman–Crippen MR) is 87.8 cm³/mol. The molecule has 1 heterocycles. The minimum Gasteiger partial charge on any atom is -0.484 e. The van der Waals surface area contributed by atoms with E-state index in [4.69, 9.17) is 14.2 Å². The van der Waals surface area contributed by atoms with Crippen LogP contribution in [-0.2, 0) is 9.59 Å². The normalized spacial score (nSPS) is 15.8. The van der Waals surface area contributed by atoms with Crippen LogP contribution in [-0.4, -0.2) is 17.7 Å². The summed E-state index contributed by atoms with van der Waals surface area (Å²) in [4.78, 5) is 35.2. The molecule has 0 saturated carbocycles. The van der Waals surface area contributed by atoms with E-state index in [0.29, 0.717) is 0 Å². The predicted octanol–water partition coefficient (Wildman–Crippen LogP) is 3.24. The van der Waals surface area contributed by atoms with Crippen LogP contribution in [0.2, 0.25) is 0 Å². The third kappa shape index (κ3) is 3.68. The second kappa shape index (κ2) is 6.76. The first-order valence-electron chi connectivity index (χ1n) is 7.73. The molecule has 25 heavy (non-hydrogen) atoms. The largest absolute Gasteiger partial charge is 0.484 e. The summed E-state index contributed by atoms with van der Waals surface area (Å²) in [5.74, 6) is -0.932. The van der Waals surface area contributed by atoms with Crippen LogP contribution in [0.25, 0.3) is 0 Å². The first-order chi connectivity index (χ1) is 11.9. The van der Waals surface area contributed by atoms with Crippen LogP contribution in [0.3, 0.4) is 0 Å². The second-order valence-electron chi connectivity index (χ2n) is 5.63. The van der Waals surface area contributed by atoms with Gasteiger partial charge in [0, 0.05) is 26.0 Å². The van der Waals surface area contributed by atoms with Gasteiger partial charge in [0.25, 0.3) is 0 Å². The highest BCUT2D eigenvalue weighted by molar-refractivity contribution is 6.03. The molecule has 1 atom stereocenters. The van der Waals surface area contributed by atoms with E-state index >= 15 is 0 Å². The van der Waals surface area contributed by atoms with Crippen molar-refractivity contribution in [2.45, 2.75) is 26.4 Å². The molecular weight excluding hydrogens is 324 g/mol. The molecule has 1 unspecified atom stereocenters. The Bertz CT molecular complexity index is 840. The maximum atomic E-state index is 12.6. The lowest BCUT2D eigenvalue weighted by Gasteiger charge is -2.27. The molecule has 0 aliphatic carbocycles. The highest BCUT2D eigenvalue weighted by atomic mass is 16.5. The van der Waals surface area contributed by atoms with E-state index < -0.39 is 18.0 Å². The van der Waals surface area contributed by atoms with E-state index in [-0.39, 0.29) is 35.0 Å². The summed E-state index contributed by atoms with van der Waals surface area (Å²) in [6.45, 7) is 2.48. The van der Waals surface area contributed by atoms with Crippen molar-refractivity contribution >= 4 is 17.7 Å². The average molecular weight is 340 g/mol. The van der Waals surface area contributed by atoms with Gasteiger partial charge in [0.1, 0.15) is 28.9 Å². The average Bonchev–Trinajstić information content (AvgIpc) is 2.53. The Hall–Kier alpha value is -3.15. The molecule has 3 rings (SSSR count). The van der Waals surface area contributed by atoms with Crippen LogP contribution in [0.5, 0.6) is 17.2 Å². The molecule has 1 aliphatic heterocycles. The summed E-state index contributed by atoms with van der Waals surface area (Å²) < 4.78 is 16.1. The lowest BCUT2D eigenvalue weighted by Crippen LogP contribution is -2.22. The van der Waals surface area contributed by atoms with Crippen LogP contribution < -0.4 is 14.2 Å². The molecule has 0 spiro atoms. The number of esters is 2. The maximum absolute atomic E-state index is 12.6. The summed E-state index contributed by atoms with van der Waals surface area (Å²) in [5.41, 5.74) is 1.03. The zero-order valence-electron chi connectivity index (χ0n) is 13.8. The third-order valence-corrected chi connectivity index (χ3v) is 3.64. The lowest BCUT2D eigenvalue weighted by molar-refractivity contribution is -0.132. The van der Waals surface area contributed by atoms with E-state index in [1.807, 2.05) is 30.3 Å². The van der Waals surface area contributed by atoms with E-state index in [2.05, 4.69) is 0 Å². The van der Waals surface area contributed by atoms with E-state index in [0.717, 1.165) is 5.56 Å². The summed E-state index contributed by atoms with van der Waals surface area (Å²) >= 11 is 0. The molecule has 0 amide bonds. The Kier molecular flexibility index (Phi) is 4.52. The number of ketones is 1.